The van der Waals surface area contributed by atoms with E-state index in [9.17, 15) is 4.79 Å². The molecule has 132 valence electrons. The number of aromatic nitrogens is 1. The molecule has 1 heterocycles. The van der Waals surface area contributed by atoms with Crippen LogP contribution in [0.5, 0.6) is 0 Å². The molecule has 1 amide bonds. The van der Waals surface area contributed by atoms with Gasteiger partial charge in [0.25, 0.3) is 0 Å². The summed E-state index contributed by atoms with van der Waals surface area (Å²) >= 11 is 3.43. The highest BCUT2D eigenvalue weighted by molar-refractivity contribution is 7.99. The zero-order valence-corrected chi connectivity index (χ0v) is 16.0. The van der Waals surface area contributed by atoms with Crippen LogP contribution in [0, 0.1) is 17.8 Å². The van der Waals surface area contributed by atoms with Crippen LogP contribution in [-0.2, 0) is 10.5 Å². The largest absolute Gasteiger partial charge is 0.350 e. The number of rotatable bonds is 5. The maximum absolute atomic E-state index is 12.5. The average Bonchev–Trinajstić information content (AvgIpc) is 2.95. The maximum Gasteiger partial charge on any atom is 0.230 e. The van der Waals surface area contributed by atoms with E-state index in [0.29, 0.717) is 5.75 Å². The molecule has 4 aliphatic rings. The van der Waals surface area contributed by atoms with Crippen LogP contribution >= 0.6 is 23.1 Å². The summed E-state index contributed by atoms with van der Waals surface area (Å²) in [5.41, 5.74) is 1.21. The van der Waals surface area contributed by atoms with Crippen molar-refractivity contribution in [3.8, 4) is 0 Å². The second-order valence-electron chi connectivity index (χ2n) is 8.31. The SMILES string of the molecule is O=C(CSCc1nc2ccccc2s1)NC12CC3CC(CC(C3)C1)C2. The van der Waals surface area contributed by atoms with E-state index >= 15 is 0 Å². The monoisotopic (exact) mass is 372 g/mol. The number of carbonyl (C=O) groups excluding carboxylic acids is 1. The number of hydrogen-bond acceptors (Lipinski definition) is 4. The summed E-state index contributed by atoms with van der Waals surface area (Å²) in [5, 5.41) is 4.58. The standard InChI is InChI=1S/C20H24N2OS2/c23-18(11-24-12-19-21-16-3-1-2-4-17(16)25-19)22-20-8-13-5-14(9-20)7-15(6-13)10-20/h1-4,13-15H,5-12H2,(H,22,23). The van der Waals surface area contributed by atoms with Crippen molar-refractivity contribution in [3.63, 3.8) is 0 Å². The van der Waals surface area contributed by atoms with Gasteiger partial charge in [-0.25, -0.2) is 4.98 Å². The lowest BCUT2D eigenvalue weighted by Crippen LogP contribution is -2.60. The number of fused-ring (bicyclic) bond motifs is 1. The van der Waals surface area contributed by atoms with Crippen molar-refractivity contribution in [2.45, 2.75) is 49.8 Å². The van der Waals surface area contributed by atoms with E-state index in [1.165, 1.54) is 43.2 Å². The van der Waals surface area contributed by atoms with Gasteiger partial charge in [0, 0.05) is 11.3 Å². The molecule has 25 heavy (non-hydrogen) atoms. The van der Waals surface area contributed by atoms with Crippen LogP contribution in [0.4, 0.5) is 0 Å². The van der Waals surface area contributed by atoms with Gasteiger partial charge in [0.15, 0.2) is 0 Å². The topological polar surface area (TPSA) is 42.0 Å². The van der Waals surface area contributed by atoms with E-state index < -0.39 is 0 Å². The molecule has 4 fully saturated rings. The molecule has 6 rings (SSSR count). The number of para-hydroxylation sites is 1. The Kier molecular flexibility index (Phi) is 4.05. The molecule has 4 aliphatic carbocycles. The first kappa shape index (κ1) is 16.1. The third-order valence-corrected chi connectivity index (χ3v) is 8.40. The van der Waals surface area contributed by atoms with Gasteiger partial charge in [0.2, 0.25) is 5.91 Å². The number of hydrogen-bond donors (Lipinski definition) is 1. The van der Waals surface area contributed by atoms with E-state index in [-0.39, 0.29) is 11.4 Å². The number of benzene rings is 1. The Bertz CT molecular complexity index is 732. The van der Waals surface area contributed by atoms with Gasteiger partial charge in [-0.1, -0.05) is 12.1 Å². The van der Waals surface area contributed by atoms with Crippen molar-refractivity contribution in [1.82, 2.24) is 10.3 Å². The second-order valence-corrected chi connectivity index (χ2v) is 10.4. The molecule has 0 spiro atoms. The molecular weight excluding hydrogens is 348 g/mol. The predicted molar refractivity (Wildman–Crippen MR) is 105 cm³/mol. The first-order valence-corrected chi connectivity index (χ1v) is 11.4. The molecule has 3 nitrogen and oxygen atoms in total. The Hall–Kier alpha value is -1.07. The Morgan fingerprint density at radius 1 is 1.16 bits per heavy atom. The lowest BCUT2D eigenvalue weighted by atomic mass is 9.53. The summed E-state index contributed by atoms with van der Waals surface area (Å²) in [6.45, 7) is 0. The van der Waals surface area contributed by atoms with Gasteiger partial charge in [-0.05, 0) is 68.4 Å². The van der Waals surface area contributed by atoms with Crippen LogP contribution in [0.3, 0.4) is 0 Å². The minimum absolute atomic E-state index is 0.141. The van der Waals surface area contributed by atoms with Crippen LogP contribution in [0.2, 0.25) is 0 Å². The summed E-state index contributed by atoms with van der Waals surface area (Å²) in [4.78, 5) is 17.2. The minimum atomic E-state index is 0.141. The predicted octanol–water partition coefficient (Wildman–Crippen LogP) is 4.61. The first-order valence-electron chi connectivity index (χ1n) is 9.41. The number of amides is 1. The summed E-state index contributed by atoms with van der Waals surface area (Å²) < 4.78 is 1.23. The van der Waals surface area contributed by atoms with Crippen molar-refractivity contribution in [3.05, 3.63) is 29.3 Å². The van der Waals surface area contributed by atoms with Crippen molar-refractivity contribution >= 4 is 39.2 Å². The van der Waals surface area contributed by atoms with Crippen molar-refractivity contribution < 1.29 is 4.79 Å². The molecule has 0 saturated heterocycles. The fraction of sp³-hybridized carbons (Fsp3) is 0.600. The van der Waals surface area contributed by atoms with E-state index in [0.717, 1.165) is 34.0 Å². The van der Waals surface area contributed by atoms with Crippen LogP contribution in [0.15, 0.2) is 24.3 Å². The number of thioether (sulfide) groups is 1. The molecule has 1 N–H and O–H groups in total. The van der Waals surface area contributed by atoms with E-state index in [1.54, 1.807) is 23.1 Å². The summed E-state index contributed by atoms with van der Waals surface area (Å²) in [7, 11) is 0. The molecule has 1 aromatic heterocycles. The lowest BCUT2D eigenvalue weighted by Gasteiger charge is -2.56. The van der Waals surface area contributed by atoms with E-state index in [1.807, 2.05) is 6.07 Å². The zero-order chi connectivity index (χ0) is 16.9. The van der Waals surface area contributed by atoms with Gasteiger partial charge >= 0.3 is 0 Å². The van der Waals surface area contributed by atoms with Crippen molar-refractivity contribution in [2.24, 2.45) is 17.8 Å². The zero-order valence-electron chi connectivity index (χ0n) is 14.4. The van der Waals surface area contributed by atoms with Crippen LogP contribution in [0.25, 0.3) is 10.2 Å². The Morgan fingerprint density at radius 2 is 1.84 bits per heavy atom. The smallest absolute Gasteiger partial charge is 0.230 e. The molecular formula is C20H24N2OS2. The quantitative estimate of drug-likeness (QED) is 0.833. The molecule has 1 aromatic carbocycles. The van der Waals surface area contributed by atoms with Crippen LogP contribution in [-0.4, -0.2) is 22.2 Å². The lowest BCUT2D eigenvalue weighted by molar-refractivity contribution is -0.124. The third kappa shape index (κ3) is 3.21. The molecule has 0 aliphatic heterocycles. The van der Waals surface area contributed by atoms with Crippen molar-refractivity contribution in [2.75, 3.05) is 5.75 Å². The minimum Gasteiger partial charge on any atom is -0.350 e. The fourth-order valence-electron chi connectivity index (χ4n) is 5.81. The fourth-order valence-corrected chi connectivity index (χ4v) is 7.66. The molecule has 4 saturated carbocycles. The van der Waals surface area contributed by atoms with Gasteiger partial charge in [0.1, 0.15) is 5.01 Å². The summed E-state index contributed by atoms with van der Waals surface area (Å²) in [6, 6.07) is 8.24. The van der Waals surface area contributed by atoms with Crippen LogP contribution in [0.1, 0.15) is 43.5 Å². The molecule has 2 aromatic rings. The summed E-state index contributed by atoms with van der Waals surface area (Å²) in [6.07, 6.45) is 7.94. The van der Waals surface area contributed by atoms with Gasteiger partial charge in [-0.15, -0.1) is 23.1 Å². The molecule has 4 bridgehead atoms. The number of nitrogens with one attached hydrogen (secondary N) is 1. The highest BCUT2D eigenvalue weighted by Gasteiger charge is 2.51. The van der Waals surface area contributed by atoms with Gasteiger partial charge in [-0.3, -0.25) is 4.79 Å². The number of nitrogens with zero attached hydrogens (tertiary/aromatic N) is 1. The van der Waals surface area contributed by atoms with Gasteiger partial charge < -0.3 is 5.32 Å². The Labute approximate surface area is 157 Å². The molecule has 5 heteroatoms. The molecule has 0 radical (unpaired) electrons. The average molecular weight is 373 g/mol. The Morgan fingerprint density at radius 3 is 2.52 bits per heavy atom. The maximum atomic E-state index is 12.5. The number of thiazole rings is 1. The molecule has 0 unspecified atom stereocenters. The van der Waals surface area contributed by atoms with Gasteiger partial charge in [0.05, 0.1) is 16.0 Å². The first-order chi connectivity index (χ1) is 12.2. The highest BCUT2D eigenvalue weighted by atomic mass is 32.2. The molecule has 0 atom stereocenters. The Balaban J connectivity index is 1.16. The van der Waals surface area contributed by atoms with E-state index in [2.05, 4.69) is 28.5 Å². The highest BCUT2D eigenvalue weighted by Crippen LogP contribution is 2.55. The normalized spacial score (nSPS) is 33.0. The number of carbonyl (C=O) groups is 1. The summed E-state index contributed by atoms with van der Waals surface area (Å²) in [5.74, 6) is 4.24. The van der Waals surface area contributed by atoms with Crippen LogP contribution < -0.4 is 5.32 Å². The third-order valence-electron chi connectivity index (χ3n) is 6.24. The van der Waals surface area contributed by atoms with Gasteiger partial charge in [-0.2, -0.15) is 0 Å². The van der Waals surface area contributed by atoms with E-state index in [4.69, 9.17) is 0 Å². The van der Waals surface area contributed by atoms with Crippen molar-refractivity contribution in [1.29, 1.82) is 0 Å². The second kappa shape index (κ2) is 6.27.